The first-order chi connectivity index (χ1) is 24.4. The molecule has 0 spiro atoms. The standard InChI is InChI=1S/C38H42N8O5/c1-22-6-8-24(3)27(16-22)20-50-32(47)15-14-31(37(49)51-21-28-17-23(2)7-9-25(28)4)43-36(48)26-10-12-30(13-11-26)46(5)19-29-18-41-35-33(42-29)34(39)44-38(40)45-35/h6-13,16-18,31H,14-15,19-21H2,1-5H3,(H,43,48)(H4,39,40,41,44,45). The molecule has 1 unspecified atom stereocenters. The second-order valence-electron chi connectivity index (χ2n) is 12.6. The van der Waals surface area contributed by atoms with Gasteiger partial charge in [-0.25, -0.2) is 14.8 Å². The van der Waals surface area contributed by atoms with Gasteiger partial charge in [0.25, 0.3) is 5.91 Å². The number of carbonyl (C=O) groups excluding carboxylic acids is 3. The van der Waals surface area contributed by atoms with Crippen molar-refractivity contribution < 1.29 is 23.9 Å². The summed E-state index contributed by atoms with van der Waals surface area (Å²) < 4.78 is 11.2. The summed E-state index contributed by atoms with van der Waals surface area (Å²) in [5.41, 5.74) is 19.9. The third-order valence-corrected chi connectivity index (χ3v) is 8.47. The number of nitrogens with two attached hydrogens (primary N) is 2. The Balaban J connectivity index is 1.24. The van der Waals surface area contributed by atoms with Crippen LogP contribution in [0.4, 0.5) is 17.5 Å². The second kappa shape index (κ2) is 16.1. The van der Waals surface area contributed by atoms with Gasteiger partial charge in [0.15, 0.2) is 17.0 Å². The van der Waals surface area contributed by atoms with Gasteiger partial charge in [0.2, 0.25) is 5.95 Å². The van der Waals surface area contributed by atoms with Crippen LogP contribution in [0.25, 0.3) is 11.2 Å². The molecular formula is C38H42N8O5. The van der Waals surface area contributed by atoms with E-state index in [1.54, 1.807) is 30.5 Å². The lowest BCUT2D eigenvalue weighted by Gasteiger charge is -2.20. The Morgan fingerprint density at radius 3 is 2.10 bits per heavy atom. The highest BCUT2D eigenvalue weighted by Gasteiger charge is 2.25. The first-order valence-corrected chi connectivity index (χ1v) is 16.5. The number of hydrogen-bond donors (Lipinski definition) is 3. The molecule has 0 aliphatic carbocycles. The number of aromatic nitrogens is 4. The van der Waals surface area contributed by atoms with E-state index in [1.807, 2.05) is 76.0 Å². The van der Waals surface area contributed by atoms with Crippen LogP contribution in [-0.4, -0.2) is 50.9 Å². The van der Waals surface area contributed by atoms with Gasteiger partial charge < -0.3 is 31.2 Å². The Hall–Kier alpha value is -6.11. The third kappa shape index (κ3) is 9.53. The van der Waals surface area contributed by atoms with Gasteiger partial charge in [-0.1, -0.05) is 47.5 Å². The highest BCUT2D eigenvalue weighted by atomic mass is 16.5. The molecule has 0 fully saturated rings. The summed E-state index contributed by atoms with van der Waals surface area (Å²) in [6, 6.07) is 17.6. The van der Waals surface area contributed by atoms with E-state index >= 15 is 0 Å². The van der Waals surface area contributed by atoms with E-state index in [9.17, 15) is 14.4 Å². The van der Waals surface area contributed by atoms with Crippen molar-refractivity contribution in [1.29, 1.82) is 0 Å². The topological polar surface area (TPSA) is 189 Å². The molecule has 13 heteroatoms. The van der Waals surface area contributed by atoms with Gasteiger partial charge in [-0.05, 0) is 80.6 Å². The largest absolute Gasteiger partial charge is 0.461 e. The Morgan fingerprint density at radius 2 is 1.45 bits per heavy atom. The maximum Gasteiger partial charge on any atom is 0.328 e. The number of hydrogen-bond acceptors (Lipinski definition) is 12. The van der Waals surface area contributed by atoms with Crippen molar-refractivity contribution in [2.45, 2.75) is 66.3 Å². The number of esters is 2. The molecule has 0 saturated carbocycles. The molecule has 5 rings (SSSR count). The molecule has 3 aromatic carbocycles. The van der Waals surface area contributed by atoms with Gasteiger partial charge >= 0.3 is 11.9 Å². The molecule has 5 N–H and O–H groups in total. The lowest BCUT2D eigenvalue weighted by molar-refractivity contribution is -0.148. The number of nitrogens with zero attached hydrogens (tertiary/aromatic N) is 5. The number of rotatable bonds is 13. The van der Waals surface area contributed by atoms with E-state index in [0.717, 1.165) is 39.1 Å². The molecule has 13 nitrogen and oxygen atoms in total. The minimum absolute atomic E-state index is 0.00122. The zero-order valence-electron chi connectivity index (χ0n) is 29.4. The Bertz CT molecular complexity index is 2070. The van der Waals surface area contributed by atoms with Crippen LogP contribution in [0, 0.1) is 27.7 Å². The third-order valence-electron chi connectivity index (χ3n) is 8.47. The first-order valence-electron chi connectivity index (χ1n) is 16.5. The molecule has 2 aromatic heterocycles. The summed E-state index contributed by atoms with van der Waals surface area (Å²) in [6.45, 7) is 8.35. The number of benzene rings is 3. The molecule has 2 heterocycles. The maximum absolute atomic E-state index is 13.4. The zero-order chi connectivity index (χ0) is 36.7. The quantitative estimate of drug-likeness (QED) is 0.143. The van der Waals surface area contributed by atoms with Gasteiger partial charge in [0, 0.05) is 24.7 Å². The van der Waals surface area contributed by atoms with Crippen LogP contribution in [-0.2, 0) is 38.8 Å². The van der Waals surface area contributed by atoms with Gasteiger partial charge in [0.1, 0.15) is 19.3 Å². The molecule has 0 saturated heterocycles. The fourth-order valence-corrected chi connectivity index (χ4v) is 5.40. The van der Waals surface area contributed by atoms with Crippen LogP contribution in [0.2, 0.25) is 0 Å². The Kier molecular flexibility index (Phi) is 11.4. The van der Waals surface area contributed by atoms with Crippen LogP contribution in [0.5, 0.6) is 0 Å². The predicted molar refractivity (Wildman–Crippen MR) is 194 cm³/mol. The van der Waals surface area contributed by atoms with Crippen molar-refractivity contribution in [3.63, 3.8) is 0 Å². The second-order valence-corrected chi connectivity index (χ2v) is 12.6. The highest BCUT2D eigenvalue weighted by Crippen LogP contribution is 2.20. The SMILES string of the molecule is Cc1ccc(C)c(COC(=O)CCC(NC(=O)c2ccc(N(C)Cc3cnc4nc(N)nc(N)c4n3)cc2)C(=O)OCc2cc(C)ccc2C)c1. The fourth-order valence-electron chi connectivity index (χ4n) is 5.40. The molecular weight excluding hydrogens is 648 g/mol. The first kappa shape index (κ1) is 36.2. The van der Waals surface area contributed by atoms with Crippen LogP contribution in [0.1, 0.15) is 62.3 Å². The van der Waals surface area contributed by atoms with Crippen molar-refractivity contribution in [3.05, 3.63) is 111 Å². The summed E-state index contributed by atoms with van der Waals surface area (Å²) in [5.74, 6) is -1.45. The van der Waals surface area contributed by atoms with E-state index in [-0.39, 0.29) is 37.8 Å². The fraction of sp³-hybridized carbons (Fsp3) is 0.289. The average Bonchev–Trinajstić information content (AvgIpc) is 3.10. The summed E-state index contributed by atoms with van der Waals surface area (Å²) in [5, 5.41) is 2.77. The number of nitrogens with one attached hydrogen (secondary N) is 1. The molecule has 51 heavy (non-hydrogen) atoms. The van der Waals surface area contributed by atoms with Crippen LogP contribution in [0.15, 0.2) is 66.9 Å². The molecule has 0 radical (unpaired) electrons. The van der Waals surface area contributed by atoms with E-state index < -0.39 is 23.9 Å². The zero-order valence-corrected chi connectivity index (χ0v) is 29.4. The van der Waals surface area contributed by atoms with Crippen molar-refractivity contribution in [2.75, 3.05) is 23.4 Å². The van der Waals surface area contributed by atoms with Gasteiger partial charge in [-0.3, -0.25) is 9.59 Å². The van der Waals surface area contributed by atoms with E-state index in [2.05, 4.69) is 25.3 Å². The summed E-state index contributed by atoms with van der Waals surface area (Å²) in [7, 11) is 1.87. The number of anilines is 3. The van der Waals surface area contributed by atoms with Crippen LogP contribution in [0.3, 0.4) is 0 Å². The van der Waals surface area contributed by atoms with Crippen molar-refractivity contribution in [2.24, 2.45) is 0 Å². The van der Waals surface area contributed by atoms with Crippen molar-refractivity contribution >= 4 is 46.5 Å². The van der Waals surface area contributed by atoms with E-state index in [1.165, 1.54) is 0 Å². The molecule has 5 aromatic rings. The Labute approximate surface area is 296 Å². The lowest BCUT2D eigenvalue weighted by Crippen LogP contribution is -2.42. The van der Waals surface area contributed by atoms with Gasteiger partial charge in [-0.15, -0.1) is 0 Å². The number of carbonyl (C=O) groups is 3. The van der Waals surface area contributed by atoms with Crippen molar-refractivity contribution in [1.82, 2.24) is 25.3 Å². The number of nitrogen functional groups attached to an aromatic ring is 2. The van der Waals surface area contributed by atoms with Gasteiger partial charge in [0.05, 0.1) is 18.4 Å². The van der Waals surface area contributed by atoms with Crippen LogP contribution < -0.4 is 21.7 Å². The summed E-state index contributed by atoms with van der Waals surface area (Å²) in [6.07, 6.45) is 1.49. The van der Waals surface area contributed by atoms with Crippen LogP contribution >= 0.6 is 0 Å². The van der Waals surface area contributed by atoms with Crippen molar-refractivity contribution in [3.8, 4) is 0 Å². The number of aryl methyl sites for hydroxylation is 4. The predicted octanol–water partition coefficient (Wildman–Crippen LogP) is 4.82. The maximum atomic E-state index is 13.4. The molecule has 0 aliphatic rings. The molecule has 0 bridgehead atoms. The van der Waals surface area contributed by atoms with E-state index in [0.29, 0.717) is 29.0 Å². The van der Waals surface area contributed by atoms with E-state index in [4.69, 9.17) is 20.9 Å². The molecule has 264 valence electrons. The minimum atomic E-state index is -1.09. The minimum Gasteiger partial charge on any atom is -0.461 e. The molecule has 1 atom stereocenters. The highest BCUT2D eigenvalue weighted by molar-refractivity contribution is 5.97. The number of fused-ring (bicyclic) bond motifs is 1. The number of ether oxygens (including phenoxy) is 2. The molecule has 1 amide bonds. The normalized spacial score (nSPS) is 11.5. The van der Waals surface area contributed by atoms with Gasteiger partial charge in [-0.2, -0.15) is 9.97 Å². The number of amides is 1. The average molecular weight is 691 g/mol. The smallest absolute Gasteiger partial charge is 0.328 e. The molecule has 0 aliphatic heterocycles. The Morgan fingerprint density at radius 1 is 0.824 bits per heavy atom. The summed E-state index contributed by atoms with van der Waals surface area (Å²) >= 11 is 0. The lowest BCUT2D eigenvalue weighted by atomic mass is 10.1. The summed E-state index contributed by atoms with van der Waals surface area (Å²) in [4.78, 5) is 58.3. The monoisotopic (exact) mass is 690 g/mol.